The first-order valence-electron chi connectivity index (χ1n) is 12.8. The molecule has 1 aliphatic rings. The largest absolute Gasteiger partial charge is 0.388 e. The fourth-order valence-corrected chi connectivity index (χ4v) is 5.12. The van der Waals surface area contributed by atoms with Gasteiger partial charge in [0.05, 0.1) is 0 Å². The van der Waals surface area contributed by atoms with E-state index in [0.717, 1.165) is 6.42 Å². The van der Waals surface area contributed by atoms with Crippen molar-refractivity contribution in [3.8, 4) is 0 Å². The van der Waals surface area contributed by atoms with E-state index in [9.17, 15) is 0 Å². The molecule has 0 aromatic heterocycles. The van der Waals surface area contributed by atoms with Gasteiger partial charge in [-0.1, -0.05) is 84.8 Å². The second-order valence-electron chi connectivity index (χ2n) is 11.6. The minimum atomic E-state index is 0.212. The van der Waals surface area contributed by atoms with Crippen molar-refractivity contribution in [2.75, 3.05) is 7.05 Å². The molecule has 0 saturated carbocycles. The maximum absolute atomic E-state index is 3.82. The van der Waals surface area contributed by atoms with Crippen molar-refractivity contribution < 1.29 is 0 Å². The zero-order chi connectivity index (χ0) is 23.8. The van der Waals surface area contributed by atoms with Crippen LogP contribution in [0.3, 0.4) is 0 Å². The molecule has 2 N–H and O–H groups in total. The van der Waals surface area contributed by atoms with Gasteiger partial charge in [0.2, 0.25) is 0 Å². The zero-order valence-electron chi connectivity index (χ0n) is 22.7. The Morgan fingerprint density at radius 2 is 1.81 bits per heavy atom. The molecule has 1 rings (SSSR count). The lowest BCUT2D eigenvalue weighted by atomic mass is 9.71. The van der Waals surface area contributed by atoms with Gasteiger partial charge in [-0.25, -0.2) is 0 Å². The molecule has 0 fully saturated rings. The first kappa shape index (κ1) is 28.0. The lowest BCUT2D eigenvalue weighted by Crippen LogP contribution is -2.46. The Morgan fingerprint density at radius 1 is 1.16 bits per heavy atom. The summed E-state index contributed by atoms with van der Waals surface area (Å²) >= 11 is 0. The summed E-state index contributed by atoms with van der Waals surface area (Å²) in [5, 5.41) is 7.50. The second-order valence-corrected chi connectivity index (χ2v) is 11.6. The van der Waals surface area contributed by atoms with Crippen molar-refractivity contribution >= 4 is 0 Å². The summed E-state index contributed by atoms with van der Waals surface area (Å²) in [6.45, 7) is 23.4. The summed E-state index contributed by atoms with van der Waals surface area (Å²) < 4.78 is 0. The quantitative estimate of drug-likeness (QED) is 0.326. The van der Waals surface area contributed by atoms with Gasteiger partial charge in [0, 0.05) is 12.1 Å². The van der Waals surface area contributed by atoms with E-state index in [0.29, 0.717) is 29.8 Å². The van der Waals surface area contributed by atoms with Crippen molar-refractivity contribution in [1.82, 2.24) is 10.6 Å². The van der Waals surface area contributed by atoms with E-state index in [1.54, 1.807) is 5.57 Å². The Hall–Kier alpha value is -1.02. The van der Waals surface area contributed by atoms with Gasteiger partial charge in [-0.2, -0.15) is 0 Å². The van der Waals surface area contributed by atoms with Crippen LogP contribution in [0.4, 0.5) is 0 Å². The number of rotatable bonds is 11. The van der Waals surface area contributed by atoms with Crippen LogP contribution in [0.5, 0.6) is 0 Å². The SMILES string of the molecule is CCC(N/C=C(\C)C(C)(C)C)C(C)(CC)CC(NC)C(C)/C=C(\C)C1CCC=CC1C. The standard InChI is InChI=1S/C29H54N2/c1-12-27(31-20-24(6)28(7,8)9)29(10,13-2)19-26(30-11)23(5)18-22(4)25-17-15-14-16-21(25)3/h14,16,18,20-21,23,25-27,30-31H,12-13,15,17,19H2,1-11H3/b22-18+,24-20+. The first-order valence-corrected chi connectivity index (χ1v) is 12.8. The highest BCUT2D eigenvalue weighted by atomic mass is 14.9. The predicted molar refractivity (Wildman–Crippen MR) is 140 cm³/mol. The fourth-order valence-electron chi connectivity index (χ4n) is 5.12. The summed E-state index contributed by atoms with van der Waals surface area (Å²) in [6, 6.07) is 0.962. The molecule has 0 amide bonds. The van der Waals surface area contributed by atoms with Gasteiger partial charge in [0.1, 0.15) is 0 Å². The van der Waals surface area contributed by atoms with E-state index in [-0.39, 0.29) is 10.8 Å². The van der Waals surface area contributed by atoms with Crippen molar-refractivity contribution in [3.05, 3.63) is 35.6 Å². The normalized spacial score (nSPS) is 25.6. The van der Waals surface area contributed by atoms with Gasteiger partial charge in [0.25, 0.3) is 0 Å². The van der Waals surface area contributed by atoms with Gasteiger partial charge >= 0.3 is 0 Å². The fraction of sp³-hybridized carbons (Fsp3) is 0.793. The first-order chi connectivity index (χ1) is 14.4. The van der Waals surface area contributed by atoms with Crippen LogP contribution in [0.25, 0.3) is 0 Å². The summed E-state index contributed by atoms with van der Waals surface area (Å²) in [7, 11) is 2.14. The van der Waals surface area contributed by atoms with Crippen LogP contribution in [0.1, 0.15) is 101 Å². The molecule has 0 saturated heterocycles. The predicted octanol–water partition coefficient (Wildman–Crippen LogP) is 7.88. The van der Waals surface area contributed by atoms with Crippen LogP contribution < -0.4 is 10.6 Å². The van der Waals surface area contributed by atoms with Gasteiger partial charge in [-0.15, -0.1) is 0 Å². The van der Waals surface area contributed by atoms with E-state index in [1.165, 1.54) is 31.3 Å². The number of hydrogen-bond acceptors (Lipinski definition) is 2. The topological polar surface area (TPSA) is 24.1 Å². The lowest BCUT2D eigenvalue weighted by Gasteiger charge is -2.41. The molecule has 0 radical (unpaired) electrons. The monoisotopic (exact) mass is 430 g/mol. The molecule has 31 heavy (non-hydrogen) atoms. The minimum Gasteiger partial charge on any atom is -0.388 e. The zero-order valence-corrected chi connectivity index (χ0v) is 22.7. The van der Waals surface area contributed by atoms with Crippen molar-refractivity contribution in [3.63, 3.8) is 0 Å². The molecule has 6 unspecified atom stereocenters. The Kier molecular flexibility index (Phi) is 11.1. The molecule has 0 aliphatic heterocycles. The van der Waals surface area contributed by atoms with Crippen LogP contribution in [-0.4, -0.2) is 19.1 Å². The van der Waals surface area contributed by atoms with E-state index >= 15 is 0 Å². The average molecular weight is 431 g/mol. The molecule has 0 spiro atoms. The molecule has 0 aromatic carbocycles. The molecule has 1 aliphatic carbocycles. The van der Waals surface area contributed by atoms with E-state index < -0.39 is 0 Å². The van der Waals surface area contributed by atoms with Crippen LogP contribution in [0.2, 0.25) is 0 Å². The van der Waals surface area contributed by atoms with Gasteiger partial charge in [0.15, 0.2) is 0 Å². The third-order valence-corrected chi connectivity index (χ3v) is 8.26. The summed E-state index contributed by atoms with van der Waals surface area (Å²) in [6.07, 6.45) is 15.6. The Labute approximate surface area is 195 Å². The van der Waals surface area contributed by atoms with Crippen LogP contribution in [0.15, 0.2) is 35.6 Å². The average Bonchev–Trinajstić information content (AvgIpc) is 2.71. The van der Waals surface area contributed by atoms with E-state index in [4.69, 9.17) is 0 Å². The van der Waals surface area contributed by atoms with E-state index in [2.05, 4.69) is 111 Å². The molecule has 0 aromatic rings. The molecule has 2 nitrogen and oxygen atoms in total. The molecular formula is C29H54N2. The molecular weight excluding hydrogens is 376 g/mol. The second kappa shape index (κ2) is 12.3. The maximum Gasteiger partial charge on any atom is 0.0307 e. The molecule has 0 heterocycles. The molecule has 2 heteroatoms. The van der Waals surface area contributed by atoms with Crippen molar-refractivity contribution in [2.24, 2.45) is 28.6 Å². The van der Waals surface area contributed by atoms with Gasteiger partial charge in [-0.3, -0.25) is 0 Å². The van der Waals surface area contributed by atoms with Crippen molar-refractivity contribution in [2.45, 2.75) is 113 Å². The number of nitrogens with one attached hydrogen (secondary N) is 2. The Balaban J connectivity index is 2.97. The van der Waals surface area contributed by atoms with Crippen LogP contribution in [0, 0.1) is 28.6 Å². The minimum absolute atomic E-state index is 0.212. The van der Waals surface area contributed by atoms with Gasteiger partial charge in [-0.05, 0) is 87.8 Å². The highest BCUT2D eigenvalue weighted by Crippen LogP contribution is 2.37. The lowest BCUT2D eigenvalue weighted by molar-refractivity contribution is 0.162. The Morgan fingerprint density at radius 3 is 2.29 bits per heavy atom. The van der Waals surface area contributed by atoms with Crippen LogP contribution >= 0.6 is 0 Å². The highest BCUT2D eigenvalue weighted by Gasteiger charge is 2.35. The van der Waals surface area contributed by atoms with E-state index in [1.807, 2.05) is 0 Å². The van der Waals surface area contributed by atoms with Crippen molar-refractivity contribution in [1.29, 1.82) is 0 Å². The maximum atomic E-state index is 3.82. The molecule has 6 atom stereocenters. The molecule has 0 bridgehead atoms. The van der Waals surface area contributed by atoms with Gasteiger partial charge < -0.3 is 10.6 Å². The summed E-state index contributed by atoms with van der Waals surface area (Å²) in [4.78, 5) is 0. The number of hydrogen-bond donors (Lipinski definition) is 2. The Bertz CT molecular complexity index is 621. The third kappa shape index (κ3) is 8.12. The molecule has 180 valence electrons. The smallest absolute Gasteiger partial charge is 0.0307 e. The van der Waals surface area contributed by atoms with Crippen LogP contribution in [-0.2, 0) is 0 Å². The highest BCUT2D eigenvalue weighted by molar-refractivity contribution is 5.14. The number of allylic oxidation sites excluding steroid dienone is 4. The summed E-state index contributed by atoms with van der Waals surface area (Å²) in [5.41, 5.74) is 3.45. The summed E-state index contributed by atoms with van der Waals surface area (Å²) in [5.74, 6) is 1.90. The third-order valence-electron chi connectivity index (χ3n) is 8.26.